The van der Waals surface area contributed by atoms with Gasteiger partial charge in [0.1, 0.15) is 5.65 Å². The molecule has 0 radical (unpaired) electrons. The molecular weight excluding hydrogens is 386 g/mol. The Morgan fingerprint density at radius 2 is 1.84 bits per heavy atom. The highest BCUT2D eigenvalue weighted by Crippen LogP contribution is 2.46. The summed E-state index contributed by atoms with van der Waals surface area (Å²) in [6, 6.07) is 14.4. The SMILES string of the molecule is O=c1ccc2cnc(N(c3ccccc3)C3CCNCC3)nc2n1C1CC2C=CC1C2. The molecule has 0 spiro atoms. The summed E-state index contributed by atoms with van der Waals surface area (Å²) in [5, 5.41) is 4.38. The predicted molar refractivity (Wildman–Crippen MR) is 123 cm³/mol. The molecule has 6 nitrogen and oxygen atoms in total. The molecule has 6 rings (SSSR count). The van der Waals surface area contributed by atoms with Crippen molar-refractivity contribution in [3.8, 4) is 0 Å². The zero-order chi connectivity index (χ0) is 20.8. The van der Waals surface area contributed by atoms with Crippen LogP contribution in [0.5, 0.6) is 0 Å². The smallest absolute Gasteiger partial charge is 0.252 e. The van der Waals surface area contributed by atoms with Crippen molar-refractivity contribution in [1.29, 1.82) is 0 Å². The minimum atomic E-state index is 0.0382. The van der Waals surface area contributed by atoms with Crippen LogP contribution in [0.2, 0.25) is 0 Å². The predicted octanol–water partition coefficient (Wildman–Crippen LogP) is 3.82. The van der Waals surface area contributed by atoms with E-state index in [1.165, 1.54) is 0 Å². The third-order valence-electron chi connectivity index (χ3n) is 7.15. The molecular formula is C25H27N5O. The van der Waals surface area contributed by atoms with E-state index in [1.54, 1.807) is 6.07 Å². The van der Waals surface area contributed by atoms with Crippen LogP contribution in [-0.2, 0) is 0 Å². The molecule has 3 unspecified atom stereocenters. The number of allylic oxidation sites excluding steroid dienone is 2. The van der Waals surface area contributed by atoms with E-state index in [0.29, 0.717) is 23.8 Å². The number of fused-ring (bicyclic) bond motifs is 3. The first kappa shape index (κ1) is 18.8. The number of rotatable bonds is 4. The zero-order valence-corrected chi connectivity index (χ0v) is 17.5. The number of para-hydroxylation sites is 1. The van der Waals surface area contributed by atoms with Gasteiger partial charge in [0.25, 0.3) is 5.56 Å². The van der Waals surface area contributed by atoms with Gasteiger partial charge in [-0.3, -0.25) is 9.36 Å². The van der Waals surface area contributed by atoms with Crippen molar-refractivity contribution in [1.82, 2.24) is 19.9 Å². The molecule has 3 aliphatic rings. The van der Waals surface area contributed by atoms with E-state index in [-0.39, 0.29) is 11.6 Å². The van der Waals surface area contributed by atoms with Gasteiger partial charge in [-0.1, -0.05) is 30.4 Å². The van der Waals surface area contributed by atoms with E-state index in [4.69, 9.17) is 9.97 Å². The molecule has 3 atom stereocenters. The lowest BCUT2D eigenvalue weighted by Gasteiger charge is -2.35. The molecule has 3 heterocycles. The molecule has 3 aromatic rings. The van der Waals surface area contributed by atoms with E-state index >= 15 is 0 Å². The number of piperidine rings is 1. The fourth-order valence-corrected chi connectivity index (χ4v) is 5.66. The number of hydrogen-bond acceptors (Lipinski definition) is 5. The molecule has 2 aromatic heterocycles. The number of anilines is 2. The van der Waals surface area contributed by atoms with Crippen LogP contribution in [0.1, 0.15) is 31.7 Å². The molecule has 6 heteroatoms. The summed E-state index contributed by atoms with van der Waals surface area (Å²) in [6.45, 7) is 1.98. The molecule has 0 amide bonds. The third-order valence-corrected chi connectivity index (χ3v) is 7.15. The quantitative estimate of drug-likeness (QED) is 0.659. The number of pyridine rings is 1. The minimum absolute atomic E-state index is 0.0382. The topological polar surface area (TPSA) is 63.1 Å². The molecule has 1 aliphatic heterocycles. The highest BCUT2D eigenvalue weighted by molar-refractivity contribution is 5.76. The van der Waals surface area contributed by atoms with Crippen LogP contribution in [0.3, 0.4) is 0 Å². The fourth-order valence-electron chi connectivity index (χ4n) is 5.66. The lowest BCUT2D eigenvalue weighted by atomic mass is 10.0. The first-order valence-electron chi connectivity index (χ1n) is 11.4. The van der Waals surface area contributed by atoms with Crippen molar-refractivity contribution >= 4 is 22.7 Å². The number of hydrogen-bond donors (Lipinski definition) is 1. The van der Waals surface area contributed by atoms with Crippen LogP contribution in [0.4, 0.5) is 11.6 Å². The average Bonchev–Trinajstić information content (AvgIpc) is 3.44. The second-order valence-electron chi connectivity index (χ2n) is 9.02. The summed E-state index contributed by atoms with van der Waals surface area (Å²) in [5.74, 6) is 1.71. The van der Waals surface area contributed by atoms with E-state index in [2.05, 4.69) is 46.6 Å². The molecule has 2 aliphatic carbocycles. The maximum Gasteiger partial charge on any atom is 0.252 e. The molecule has 1 saturated heterocycles. The molecule has 1 saturated carbocycles. The first-order chi connectivity index (χ1) is 15.3. The monoisotopic (exact) mass is 413 g/mol. The summed E-state index contributed by atoms with van der Waals surface area (Å²) in [6.07, 6.45) is 10.7. The van der Waals surface area contributed by atoms with Gasteiger partial charge >= 0.3 is 0 Å². The van der Waals surface area contributed by atoms with Gasteiger partial charge < -0.3 is 10.2 Å². The van der Waals surface area contributed by atoms with Crippen LogP contribution in [0.25, 0.3) is 11.0 Å². The summed E-state index contributed by atoms with van der Waals surface area (Å²) < 4.78 is 1.94. The van der Waals surface area contributed by atoms with Crippen molar-refractivity contribution in [3.05, 3.63) is 71.2 Å². The number of aromatic nitrogens is 3. The van der Waals surface area contributed by atoms with Gasteiger partial charge in [0.15, 0.2) is 0 Å². The van der Waals surface area contributed by atoms with Gasteiger partial charge in [-0.05, 0) is 68.8 Å². The van der Waals surface area contributed by atoms with Crippen molar-refractivity contribution in [3.63, 3.8) is 0 Å². The van der Waals surface area contributed by atoms with Crippen LogP contribution in [0, 0.1) is 11.8 Å². The zero-order valence-electron chi connectivity index (χ0n) is 17.5. The van der Waals surface area contributed by atoms with Gasteiger partial charge in [0.2, 0.25) is 5.95 Å². The van der Waals surface area contributed by atoms with Crippen molar-refractivity contribution in [2.75, 3.05) is 18.0 Å². The number of nitrogens with zero attached hydrogens (tertiary/aromatic N) is 4. The van der Waals surface area contributed by atoms with Gasteiger partial charge in [-0.25, -0.2) is 4.98 Å². The Balaban J connectivity index is 1.49. The largest absolute Gasteiger partial charge is 0.317 e. The lowest BCUT2D eigenvalue weighted by molar-refractivity contribution is 0.430. The molecule has 158 valence electrons. The molecule has 31 heavy (non-hydrogen) atoms. The second kappa shape index (κ2) is 7.61. The van der Waals surface area contributed by atoms with Crippen LogP contribution < -0.4 is 15.8 Å². The minimum Gasteiger partial charge on any atom is -0.317 e. The number of nitrogens with one attached hydrogen (secondary N) is 1. The Morgan fingerprint density at radius 1 is 1.00 bits per heavy atom. The Morgan fingerprint density at radius 3 is 2.58 bits per heavy atom. The third kappa shape index (κ3) is 3.26. The van der Waals surface area contributed by atoms with Gasteiger partial charge in [-0.15, -0.1) is 0 Å². The Labute approximate surface area is 181 Å². The average molecular weight is 414 g/mol. The summed E-state index contributed by atoms with van der Waals surface area (Å²) in [5.41, 5.74) is 1.90. The van der Waals surface area contributed by atoms with Gasteiger partial charge in [0, 0.05) is 35.4 Å². The second-order valence-corrected chi connectivity index (χ2v) is 9.02. The van der Waals surface area contributed by atoms with Crippen LogP contribution in [-0.4, -0.2) is 33.7 Å². The fraction of sp³-hybridized carbons (Fsp3) is 0.400. The summed E-state index contributed by atoms with van der Waals surface area (Å²) >= 11 is 0. The molecule has 2 fully saturated rings. The highest BCUT2D eigenvalue weighted by atomic mass is 16.1. The van der Waals surface area contributed by atoms with Crippen molar-refractivity contribution in [2.45, 2.75) is 37.8 Å². The number of benzene rings is 1. The molecule has 1 aromatic carbocycles. The first-order valence-corrected chi connectivity index (χ1v) is 11.4. The van der Waals surface area contributed by atoms with E-state index < -0.39 is 0 Å². The Kier molecular flexibility index (Phi) is 4.60. The normalized spacial score (nSPS) is 25.4. The maximum absolute atomic E-state index is 13.0. The molecule has 2 bridgehead atoms. The van der Waals surface area contributed by atoms with E-state index in [1.807, 2.05) is 22.9 Å². The summed E-state index contributed by atoms with van der Waals surface area (Å²) in [7, 11) is 0. The Hall–Kier alpha value is -2.99. The summed E-state index contributed by atoms with van der Waals surface area (Å²) in [4.78, 5) is 25.1. The van der Waals surface area contributed by atoms with Gasteiger partial charge in [-0.2, -0.15) is 4.98 Å². The van der Waals surface area contributed by atoms with Crippen LogP contribution in [0.15, 0.2) is 65.6 Å². The highest BCUT2D eigenvalue weighted by Gasteiger charge is 2.38. The Bertz CT molecular complexity index is 1180. The van der Waals surface area contributed by atoms with E-state index in [9.17, 15) is 4.79 Å². The maximum atomic E-state index is 13.0. The van der Waals surface area contributed by atoms with Crippen molar-refractivity contribution in [2.24, 2.45) is 11.8 Å². The van der Waals surface area contributed by atoms with Crippen molar-refractivity contribution < 1.29 is 0 Å². The molecule has 1 N–H and O–H groups in total. The van der Waals surface area contributed by atoms with Gasteiger partial charge in [0.05, 0.1) is 0 Å². The van der Waals surface area contributed by atoms with Crippen LogP contribution >= 0.6 is 0 Å². The van der Waals surface area contributed by atoms with E-state index in [0.717, 1.165) is 55.5 Å². The lowest BCUT2D eigenvalue weighted by Crippen LogP contribution is -2.41. The standard InChI is InChI=1S/C25H27N5O/c31-23-9-8-19-16-27-25(28-24(19)30(23)22-15-17-6-7-18(22)14-17)29(20-4-2-1-3-5-20)21-10-12-26-13-11-21/h1-9,16-18,21-22,26H,10-15H2.